The summed E-state index contributed by atoms with van der Waals surface area (Å²) in [6.07, 6.45) is -0.102. The van der Waals surface area contributed by atoms with Gasteiger partial charge in [0.2, 0.25) is 0 Å². The number of imidazole rings is 1. The van der Waals surface area contributed by atoms with Gasteiger partial charge in [0, 0.05) is 14.1 Å². The molecule has 3 aromatic rings. The Morgan fingerprint density at radius 2 is 1.72 bits per heavy atom. The van der Waals surface area contributed by atoms with E-state index in [-0.39, 0.29) is 11.7 Å². The first kappa shape index (κ1) is 17.0. The van der Waals surface area contributed by atoms with E-state index in [9.17, 15) is 9.59 Å². The van der Waals surface area contributed by atoms with Crippen molar-refractivity contribution in [2.24, 2.45) is 14.1 Å². The molecule has 0 aliphatic heterocycles. The lowest BCUT2D eigenvalue weighted by Crippen LogP contribution is -2.37. The number of aromatic nitrogens is 4. The Morgan fingerprint density at radius 1 is 1.08 bits per heavy atom. The summed E-state index contributed by atoms with van der Waals surface area (Å²) in [7, 11) is 3.07. The Hall–Kier alpha value is -2.83. The van der Waals surface area contributed by atoms with Crippen LogP contribution in [0.15, 0.2) is 33.9 Å². The monoisotopic (exact) mass is 342 g/mol. The normalized spacial score (nSPS) is 11.4. The number of rotatable bonds is 4. The first-order valence-electron chi connectivity index (χ1n) is 8.18. The van der Waals surface area contributed by atoms with E-state index in [1.165, 1.54) is 11.6 Å². The second-order valence-corrected chi connectivity index (χ2v) is 6.51. The van der Waals surface area contributed by atoms with Gasteiger partial charge in [0.05, 0.1) is 12.6 Å². The van der Waals surface area contributed by atoms with E-state index < -0.39 is 5.69 Å². The molecule has 2 aromatic heterocycles. The van der Waals surface area contributed by atoms with Crippen molar-refractivity contribution in [3.8, 4) is 6.01 Å². The average molecular weight is 342 g/mol. The van der Waals surface area contributed by atoms with Gasteiger partial charge in [-0.25, -0.2) is 4.79 Å². The van der Waals surface area contributed by atoms with Crippen molar-refractivity contribution in [3.05, 3.63) is 56.2 Å². The molecule has 25 heavy (non-hydrogen) atoms. The third-order valence-corrected chi connectivity index (χ3v) is 4.12. The molecule has 2 heterocycles. The number of benzene rings is 1. The molecule has 0 N–H and O–H groups in total. The lowest BCUT2D eigenvalue weighted by atomic mass is 10.1. The van der Waals surface area contributed by atoms with Crippen LogP contribution in [-0.2, 0) is 20.6 Å². The molecule has 0 bridgehead atoms. The number of hydrogen-bond donors (Lipinski definition) is 0. The van der Waals surface area contributed by atoms with Gasteiger partial charge in [0.15, 0.2) is 11.2 Å². The lowest BCUT2D eigenvalue weighted by Gasteiger charge is -2.12. The lowest BCUT2D eigenvalue weighted by molar-refractivity contribution is 0.214. The molecule has 7 nitrogen and oxygen atoms in total. The highest BCUT2D eigenvalue weighted by atomic mass is 16.5. The van der Waals surface area contributed by atoms with Gasteiger partial charge < -0.3 is 4.74 Å². The summed E-state index contributed by atoms with van der Waals surface area (Å²) in [4.78, 5) is 29.3. The van der Waals surface area contributed by atoms with Crippen LogP contribution in [0.25, 0.3) is 11.2 Å². The third-order valence-electron chi connectivity index (χ3n) is 4.12. The molecular formula is C18H22N4O3. The highest BCUT2D eigenvalue weighted by molar-refractivity contribution is 5.72. The fourth-order valence-electron chi connectivity index (χ4n) is 2.75. The van der Waals surface area contributed by atoms with Crippen LogP contribution in [0.3, 0.4) is 0 Å². The van der Waals surface area contributed by atoms with Crippen LogP contribution in [0.4, 0.5) is 0 Å². The van der Waals surface area contributed by atoms with Crippen LogP contribution in [0.1, 0.15) is 25.0 Å². The molecule has 0 saturated carbocycles. The Morgan fingerprint density at radius 3 is 2.32 bits per heavy atom. The summed E-state index contributed by atoms with van der Waals surface area (Å²) in [5.41, 5.74) is 2.09. The van der Waals surface area contributed by atoms with E-state index >= 15 is 0 Å². The van der Waals surface area contributed by atoms with Crippen molar-refractivity contribution in [1.29, 1.82) is 0 Å². The van der Waals surface area contributed by atoms with Crippen LogP contribution in [0.2, 0.25) is 0 Å². The summed E-state index contributed by atoms with van der Waals surface area (Å²) in [6, 6.07) is 8.39. The minimum Gasteiger partial charge on any atom is -0.462 e. The molecule has 0 spiro atoms. The van der Waals surface area contributed by atoms with Gasteiger partial charge in [-0.3, -0.25) is 18.5 Å². The molecule has 7 heteroatoms. The maximum absolute atomic E-state index is 12.7. The number of hydrogen-bond acceptors (Lipinski definition) is 4. The molecule has 0 unspecified atom stereocenters. The minimum atomic E-state index is -0.409. The molecule has 3 rings (SSSR count). The second kappa shape index (κ2) is 6.23. The fraction of sp³-hybridized carbons (Fsp3) is 0.389. The predicted molar refractivity (Wildman–Crippen MR) is 96.3 cm³/mol. The van der Waals surface area contributed by atoms with Gasteiger partial charge >= 0.3 is 5.69 Å². The number of ether oxygens (including phenoxy) is 1. The average Bonchev–Trinajstić information content (AvgIpc) is 2.91. The van der Waals surface area contributed by atoms with Crippen LogP contribution in [0.5, 0.6) is 6.01 Å². The Kier molecular flexibility index (Phi) is 4.24. The van der Waals surface area contributed by atoms with E-state index in [1.807, 2.05) is 45.0 Å². The van der Waals surface area contributed by atoms with E-state index in [2.05, 4.69) is 4.98 Å². The van der Waals surface area contributed by atoms with Crippen molar-refractivity contribution in [2.45, 2.75) is 33.4 Å². The highest BCUT2D eigenvalue weighted by Gasteiger charge is 2.20. The van der Waals surface area contributed by atoms with Gasteiger partial charge in [0.25, 0.3) is 11.6 Å². The Balaban J connectivity index is 2.28. The summed E-state index contributed by atoms with van der Waals surface area (Å²) in [5, 5.41) is 0. The molecule has 0 fully saturated rings. The van der Waals surface area contributed by atoms with Crippen molar-refractivity contribution in [1.82, 2.24) is 18.7 Å². The number of nitrogens with zero attached hydrogens (tertiary/aromatic N) is 4. The third kappa shape index (κ3) is 2.97. The molecule has 0 radical (unpaired) electrons. The molecular weight excluding hydrogens is 320 g/mol. The molecule has 1 aromatic carbocycles. The smallest absolute Gasteiger partial charge is 0.332 e. The first-order chi connectivity index (χ1) is 11.8. The Labute approximate surface area is 145 Å². The van der Waals surface area contributed by atoms with E-state index in [4.69, 9.17) is 4.74 Å². The highest BCUT2D eigenvalue weighted by Crippen LogP contribution is 2.20. The fourth-order valence-corrected chi connectivity index (χ4v) is 2.75. The van der Waals surface area contributed by atoms with Crippen LogP contribution >= 0.6 is 0 Å². The zero-order chi connectivity index (χ0) is 18.3. The molecule has 0 aliphatic rings. The van der Waals surface area contributed by atoms with E-state index in [0.29, 0.717) is 23.7 Å². The zero-order valence-electron chi connectivity index (χ0n) is 15.1. The van der Waals surface area contributed by atoms with Gasteiger partial charge in [-0.1, -0.05) is 29.8 Å². The molecule has 0 aliphatic carbocycles. The summed E-state index contributed by atoms with van der Waals surface area (Å²) >= 11 is 0. The van der Waals surface area contributed by atoms with Crippen molar-refractivity contribution < 1.29 is 4.74 Å². The van der Waals surface area contributed by atoms with Crippen LogP contribution < -0.4 is 16.0 Å². The first-order valence-corrected chi connectivity index (χ1v) is 8.18. The molecule has 132 valence electrons. The summed E-state index contributed by atoms with van der Waals surface area (Å²) in [6.45, 7) is 6.25. The van der Waals surface area contributed by atoms with E-state index in [0.717, 1.165) is 15.7 Å². The largest absolute Gasteiger partial charge is 0.462 e. The quantitative estimate of drug-likeness (QED) is 0.722. The predicted octanol–water partition coefficient (Wildman–Crippen LogP) is 1.58. The molecule has 0 atom stereocenters. The maximum Gasteiger partial charge on any atom is 0.332 e. The van der Waals surface area contributed by atoms with Gasteiger partial charge in [-0.05, 0) is 26.3 Å². The van der Waals surface area contributed by atoms with Crippen molar-refractivity contribution in [2.75, 3.05) is 0 Å². The number of fused-ring (bicyclic) bond motifs is 1. The topological polar surface area (TPSA) is 71.1 Å². The standard InChI is InChI=1S/C18H22N4O3/c1-11(2)25-17-19-15-14(16(23)21(5)18(24)20(15)4)22(17)10-13-8-6-12(3)7-9-13/h6-9,11H,10H2,1-5H3. The second-order valence-electron chi connectivity index (χ2n) is 6.51. The molecule has 0 saturated heterocycles. The number of aryl methyl sites for hydroxylation is 2. The minimum absolute atomic E-state index is 0.102. The summed E-state index contributed by atoms with van der Waals surface area (Å²) in [5.74, 6) is 0. The van der Waals surface area contributed by atoms with Crippen molar-refractivity contribution >= 4 is 11.2 Å². The molecule has 0 amide bonds. The van der Waals surface area contributed by atoms with Crippen LogP contribution in [0, 0.1) is 6.92 Å². The van der Waals surface area contributed by atoms with Gasteiger partial charge in [-0.2, -0.15) is 4.98 Å². The van der Waals surface area contributed by atoms with Crippen molar-refractivity contribution in [3.63, 3.8) is 0 Å². The maximum atomic E-state index is 12.7. The van der Waals surface area contributed by atoms with Gasteiger partial charge in [0.1, 0.15) is 0 Å². The summed E-state index contributed by atoms with van der Waals surface area (Å²) < 4.78 is 10.0. The SMILES string of the molecule is Cc1ccc(Cn2c(OC(C)C)nc3c2c(=O)n(C)c(=O)n3C)cc1. The Bertz CT molecular complexity index is 1040. The van der Waals surface area contributed by atoms with Gasteiger partial charge in [-0.15, -0.1) is 0 Å². The van der Waals surface area contributed by atoms with Crippen LogP contribution in [-0.4, -0.2) is 24.8 Å². The van der Waals surface area contributed by atoms with E-state index in [1.54, 1.807) is 11.6 Å². The zero-order valence-corrected chi connectivity index (χ0v) is 15.1.